The Morgan fingerprint density at radius 2 is 0.677 bits per heavy atom. The first-order valence-corrected chi connectivity index (χ1v) is 51.6. The molecule has 8 saturated heterocycles. The Labute approximate surface area is 741 Å². The van der Waals surface area contributed by atoms with Crippen LogP contribution >= 0.6 is 0 Å². The highest BCUT2D eigenvalue weighted by Gasteiger charge is 2.70. The van der Waals surface area contributed by atoms with Crippen molar-refractivity contribution in [1.82, 2.24) is 14.9 Å². The molecule has 12 bridgehead atoms. The summed E-state index contributed by atoms with van der Waals surface area (Å²) in [6.45, 7) is 15.8. The van der Waals surface area contributed by atoms with Gasteiger partial charge in [0.05, 0.1) is 19.5 Å². The first-order chi connectivity index (χ1) is 60.1. The van der Waals surface area contributed by atoms with Crippen LogP contribution in [-0.2, 0) is 63.1 Å². The summed E-state index contributed by atoms with van der Waals surface area (Å²) in [5.41, 5.74) is 4.13. The third-order valence-electron chi connectivity index (χ3n) is 33.7. The lowest BCUT2D eigenvalue weighted by atomic mass is 9.53. The fraction of sp³-hybridized carbons (Fsp3) is 0.816. The molecule has 6 N–H and O–H groups in total. The summed E-state index contributed by atoms with van der Waals surface area (Å²) in [4.78, 5) is 41.0. The molecule has 23 nitrogen and oxygen atoms in total. The van der Waals surface area contributed by atoms with Crippen molar-refractivity contribution in [1.29, 1.82) is 0 Å². The van der Waals surface area contributed by atoms with Crippen LogP contribution in [0.25, 0.3) is 0 Å². The van der Waals surface area contributed by atoms with Gasteiger partial charge < -0.3 is 68.4 Å². The summed E-state index contributed by atoms with van der Waals surface area (Å²) in [7, 11) is -4.30. The van der Waals surface area contributed by atoms with E-state index in [1.807, 2.05) is 25.8 Å². The van der Waals surface area contributed by atoms with Crippen molar-refractivity contribution < 1.29 is 95.7 Å². The van der Waals surface area contributed by atoms with E-state index in [9.17, 15) is 23.6 Å². The molecule has 0 unspecified atom stereocenters. The highest BCUT2D eigenvalue weighted by Crippen LogP contribution is 2.68. The topological polar surface area (TPSA) is 274 Å². The zero-order valence-electron chi connectivity index (χ0n) is 75.1. The lowest BCUT2D eigenvalue weighted by Crippen LogP contribution is -2.59. The second-order valence-electron chi connectivity index (χ2n) is 42.2. The van der Waals surface area contributed by atoms with Crippen LogP contribution < -0.4 is 14.8 Å². The standard InChI is InChI=1S/C30H44BNO5.C29H41NO4.C22H28O4.C8H18BNO2.2C4H8O.CH4O3S/c1-31(33)32-13-8-21(9-14-32)10-15-34-28-4-2-24(3-5-28)25-6-11-29(12-7-25)35-30(37-36-29)26-17-22-16-23(19-26)20-27(30)18-22;1-3-27(31-14-9-20-7-12-30-13-8-20)4-2-23(1)24-5-10-28(11-6-24)32-29(34-33-28)25-16-21-15-22(18-25)19-26(29)17-21;23-20-3-1-16(2-4-20)17-5-7-21(8-6-17)24-22(26-25-21)18-10-14-9-15(12-18)13-19(22)11-14;1-9(12)10-5-2-8(3-6-10)4-7-11;2*1-2-4-5-3-1;1-5(2,3)4/h2-5,21-23,25-27,33H,6-20H2,1H3;1-4,20-22,24-26,30H,5-19H2;1-4,14-15,17-19,23H,5-13H2;8,11-12H,2-7H2,1H3;2*1-4H2;1H3,(H,2,3,4). The molecule has 23 aliphatic rings. The van der Waals surface area contributed by atoms with Gasteiger partial charge in [-0.05, 0) is 395 Å². The molecule has 15 saturated carbocycles. The maximum absolute atomic E-state index is 9.73. The van der Waals surface area contributed by atoms with Gasteiger partial charge in [0.1, 0.15) is 17.2 Å². The maximum atomic E-state index is 9.73. The molecule has 15 aliphatic carbocycles. The molecular weight excluding hydrogens is 1590 g/mol. The number of ether oxygens (including phenoxy) is 7. The van der Waals surface area contributed by atoms with Crippen molar-refractivity contribution in [2.45, 2.75) is 323 Å². The summed E-state index contributed by atoms with van der Waals surface area (Å²) >= 11 is 0. The van der Waals surface area contributed by atoms with Gasteiger partial charge in [-0.25, -0.2) is 0 Å². The van der Waals surface area contributed by atoms with E-state index in [1.165, 1.54) is 158 Å². The summed E-state index contributed by atoms with van der Waals surface area (Å²) in [6.07, 6.45) is 47.6. The molecule has 8 heterocycles. The van der Waals surface area contributed by atoms with E-state index < -0.39 is 44.8 Å². The van der Waals surface area contributed by atoms with Gasteiger partial charge in [0, 0.05) is 107 Å². The predicted octanol–water partition coefficient (Wildman–Crippen LogP) is 17.9. The van der Waals surface area contributed by atoms with Crippen LogP contribution in [0.15, 0.2) is 72.8 Å². The van der Waals surface area contributed by atoms with Gasteiger partial charge in [-0.1, -0.05) is 36.4 Å². The van der Waals surface area contributed by atoms with E-state index in [0.29, 0.717) is 83.7 Å². The quantitative estimate of drug-likeness (QED) is 0.0469. The molecule has 23 fully saturated rings. The van der Waals surface area contributed by atoms with E-state index in [1.54, 1.807) is 12.1 Å². The van der Waals surface area contributed by atoms with Crippen LogP contribution in [0.5, 0.6) is 17.2 Å². The predicted molar refractivity (Wildman–Crippen MR) is 473 cm³/mol. The number of hydrogen-bond donors (Lipinski definition) is 6. The molecule has 3 aromatic carbocycles. The van der Waals surface area contributed by atoms with E-state index in [2.05, 4.69) is 63.5 Å². The summed E-state index contributed by atoms with van der Waals surface area (Å²) in [6, 6.07) is 25.3. The molecule has 26 heteroatoms. The lowest BCUT2D eigenvalue weighted by Gasteiger charge is -2.57. The number of hydrogen-bond acceptors (Lipinski definition) is 22. The van der Waals surface area contributed by atoms with E-state index >= 15 is 0 Å². The van der Waals surface area contributed by atoms with E-state index in [4.69, 9.17) is 72.1 Å². The zero-order chi connectivity index (χ0) is 85.5. The Morgan fingerprint density at radius 1 is 0.403 bits per heavy atom. The number of aliphatic hydroxyl groups is 1. The van der Waals surface area contributed by atoms with Gasteiger partial charge >= 0.3 is 14.1 Å². The van der Waals surface area contributed by atoms with Gasteiger partial charge in [-0.2, -0.15) is 37.7 Å². The minimum absolute atomic E-state index is 0.305. The second kappa shape index (κ2) is 41.3. The molecule has 26 rings (SSSR count). The molecule has 3 aromatic rings. The highest BCUT2D eigenvalue weighted by molar-refractivity contribution is 7.85. The molecule has 0 amide bonds. The summed E-state index contributed by atoms with van der Waals surface area (Å²) in [5.74, 6) is 11.9. The number of phenolic OH excluding ortho intramolecular Hbond substituents is 1. The van der Waals surface area contributed by atoms with Crippen LogP contribution in [-0.4, -0.2) is 183 Å². The number of rotatable bonds is 15. The number of nitrogens with one attached hydrogen (secondary N) is 1. The molecule has 0 radical (unpaired) electrons. The fourth-order valence-electron chi connectivity index (χ4n) is 27.3. The monoisotopic (exact) mass is 1740 g/mol. The lowest BCUT2D eigenvalue weighted by molar-refractivity contribution is -0.390. The first kappa shape index (κ1) is 92.3. The molecule has 690 valence electrons. The number of nitrogens with zero attached hydrogens (tertiary/aromatic N) is 2. The highest BCUT2D eigenvalue weighted by atomic mass is 32.2. The Balaban J connectivity index is 0.000000115. The van der Waals surface area contributed by atoms with Crippen LogP contribution in [0, 0.1) is 88.8 Å². The van der Waals surface area contributed by atoms with E-state index in [-0.39, 0.29) is 14.1 Å². The maximum Gasteiger partial charge on any atom is 0.376 e. The molecule has 124 heavy (non-hydrogen) atoms. The van der Waals surface area contributed by atoms with Crippen molar-refractivity contribution in [3.05, 3.63) is 89.5 Å². The molecule has 0 aromatic heterocycles. The first-order valence-electron chi connectivity index (χ1n) is 49.8. The number of aliphatic hydroxyl groups excluding tert-OH is 1. The molecule has 6 spiro atoms. The van der Waals surface area contributed by atoms with E-state index in [0.717, 1.165) is 247 Å². The van der Waals surface area contributed by atoms with Crippen molar-refractivity contribution in [3.8, 4) is 17.2 Å². The number of phenols is 1. The van der Waals surface area contributed by atoms with Crippen molar-refractivity contribution in [2.75, 3.05) is 91.8 Å². The molecule has 8 aliphatic heterocycles. The van der Waals surface area contributed by atoms with Gasteiger partial charge in [0.15, 0.2) is 0 Å². The normalized spacial score (nSPS) is 39.2. The Bertz CT molecular complexity index is 3770. The van der Waals surface area contributed by atoms with Crippen molar-refractivity contribution in [3.63, 3.8) is 0 Å². The minimum Gasteiger partial charge on any atom is -0.508 e. The largest absolute Gasteiger partial charge is 0.508 e. The Hall–Kier alpha value is -3.58. The van der Waals surface area contributed by atoms with Gasteiger partial charge in [-0.15, -0.1) is 0 Å². The van der Waals surface area contributed by atoms with Crippen molar-refractivity contribution >= 4 is 24.2 Å². The average molecular weight is 1740 g/mol. The number of benzene rings is 3. The smallest absolute Gasteiger partial charge is 0.376 e. The Morgan fingerprint density at radius 3 is 0.944 bits per heavy atom. The van der Waals surface area contributed by atoms with Crippen molar-refractivity contribution in [2.24, 2.45) is 88.8 Å². The average Bonchev–Trinajstić information content (AvgIpc) is 1.51. The van der Waals surface area contributed by atoms with Crippen LogP contribution in [0.3, 0.4) is 0 Å². The van der Waals surface area contributed by atoms with Gasteiger partial charge in [-0.3, -0.25) is 4.55 Å². The molecular formula is C98H151B2N3O20S. The minimum atomic E-state index is -3.67. The molecule has 0 atom stereocenters. The second-order valence-corrected chi connectivity index (χ2v) is 43.7. The number of piperidine rings is 3. The van der Waals surface area contributed by atoms with Crippen LogP contribution in [0.1, 0.15) is 291 Å². The number of aromatic hydroxyl groups is 1. The Kier molecular flexibility index (Phi) is 30.7. The van der Waals surface area contributed by atoms with Crippen LogP contribution in [0.4, 0.5) is 0 Å². The third kappa shape index (κ3) is 22.3. The summed E-state index contributed by atoms with van der Waals surface area (Å²) in [5, 5.41) is 40.7. The zero-order valence-corrected chi connectivity index (χ0v) is 75.9. The van der Waals surface area contributed by atoms with Gasteiger partial charge in [0.2, 0.25) is 34.7 Å². The van der Waals surface area contributed by atoms with Crippen LogP contribution in [0.2, 0.25) is 13.6 Å². The fourth-order valence-corrected chi connectivity index (χ4v) is 27.3. The van der Waals surface area contributed by atoms with Gasteiger partial charge in [0.25, 0.3) is 10.1 Å². The SMILES string of the molecule is C1CCOC1.C1CCOC1.CB(O)N1CCC(CCO)CC1.CB(O)N1CCC(CCOc2ccc(C3CCC4(CC3)OOC3(O4)C4CC5CC(C4)CC3C5)cc2)CC1.CS(=O)(=O)O.Oc1ccc(C2CCC3(CC2)OOC2(O3)C3CC4CC(C3)CC2C4)cc1.c1cc(C2CCC3(CC2)OOC2(O3)C3CC4CC(C3)CC2C4)ccc1OCCC1CCNCC1. The third-order valence-corrected chi connectivity index (χ3v) is 33.7. The summed E-state index contributed by atoms with van der Waals surface area (Å²) < 4.78 is 68.5.